The summed E-state index contributed by atoms with van der Waals surface area (Å²) in [4.78, 5) is 32.0. The number of amides is 1. The van der Waals surface area contributed by atoms with Gasteiger partial charge in [0, 0.05) is 0 Å². The number of carboxylic acid groups (broad SMARTS) is 1. The maximum Gasteiger partial charge on any atom is 0.490 e. The number of rotatable bonds is 5. The summed E-state index contributed by atoms with van der Waals surface area (Å²) in [6.07, 6.45) is -3.26. The number of carbonyl (C=O) groups is 3. The number of halogens is 3. The van der Waals surface area contributed by atoms with Crippen LogP contribution in [0, 0.1) is 0 Å². The van der Waals surface area contributed by atoms with E-state index in [1.54, 1.807) is 0 Å². The Bertz CT molecular complexity index is 602. The van der Waals surface area contributed by atoms with Crippen LogP contribution in [0.3, 0.4) is 0 Å². The molecule has 1 fully saturated rings. The van der Waals surface area contributed by atoms with Crippen molar-refractivity contribution in [3.63, 3.8) is 0 Å². The second kappa shape index (κ2) is 10.4. The minimum atomic E-state index is -5.08. The molecule has 26 heavy (non-hydrogen) atoms. The zero-order valence-electron chi connectivity index (χ0n) is 13.7. The molecule has 0 bridgehead atoms. The number of alkyl halides is 3. The Morgan fingerprint density at radius 2 is 1.85 bits per heavy atom. The molecule has 1 amide bonds. The van der Waals surface area contributed by atoms with Crippen LogP contribution in [0.1, 0.15) is 18.4 Å². The third-order valence-electron chi connectivity index (χ3n) is 3.27. The quantitative estimate of drug-likeness (QED) is 0.668. The van der Waals surface area contributed by atoms with E-state index < -0.39 is 18.1 Å². The molecule has 1 saturated heterocycles. The summed E-state index contributed by atoms with van der Waals surface area (Å²) in [6.45, 7) is 1.01. The van der Waals surface area contributed by atoms with Crippen molar-refractivity contribution in [3.05, 3.63) is 35.9 Å². The van der Waals surface area contributed by atoms with Gasteiger partial charge in [-0.2, -0.15) is 13.2 Å². The topological polar surface area (TPSA) is 105 Å². The number of carbonyl (C=O) groups excluding carboxylic acids is 2. The van der Waals surface area contributed by atoms with Crippen LogP contribution < -0.4 is 10.6 Å². The number of benzene rings is 1. The van der Waals surface area contributed by atoms with E-state index in [4.69, 9.17) is 14.6 Å². The monoisotopic (exact) mass is 376 g/mol. The SMILES string of the molecule is O=C(CNC(=O)C1CCCN1)OCc1ccccc1.O=C(O)C(F)(F)F. The highest BCUT2D eigenvalue weighted by molar-refractivity contribution is 5.85. The Kier molecular flexibility index (Phi) is 8.56. The molecule has 1 atom stereocenters. The van der Waals surface area contributed by atoms with E-state index in [0.29, 0.717) is 0 Å². The molecule has 10 heteroatoms. The Balaban J connectivity index is 0.000000412. The number of nitrogens with one attached hydrogen (secondary N) is 2. The summed E-state index contributed by atoms with van der Waals surface area (Å²) < 4.78 is 36.8. The van der Waals surface area contributed by atoms with Crippen molar-refractivity contribution < 1.29 is 37.4 Å². The molecule has 1 aromatic carbocycles. The summed E-state index contributed by atoms with van der Waals surface area (Å²) >= 11 is 0. The fourth-order valence-corrected chi connectivity index (χ4v) is 1.98. The van der Waals surface area contributed by atoms with Crippen molar-refractivity contribution in [2.24, 2.45) is 0 Å². The van der Waals surface area contributed by atoms with Crippen molar-refractivity contribution >= 4 is 17.8 Å². The molecule has 0 radical (unpaired) electrons. The lowest BCUT2D eigenvalue weighted by Gasteiger charge is -2.10. The predicted octanol–water partition coefficient (Wildman–Crippen LogP) is 1.23. The molecule has 1 aliphatic heterocycles. The number of hydrogen-bond donors (Lipinski definition) is 3. The molecule has 3 N–H and O–H groups in total. The van der Waals surface area contributed by atoms with E-state index in [0.717, 1.165) is 24.9 Å². The molecular weight excluding hydrogens is 357 g/mol. The first-order valence-corrected chi connectivity index (χ1v) is 7.71. The van der Waals surface area contributed by atoms with Gasteiger partial charge < -0.3 is 20.5 Å². The smallest absolute Gasteiger partial charge is 0.475 e. The first-order chi connectivity index (χ1) is 12.2. The Morgan fingerprint density at radius 1 is 1.23 bits per heavy atom. The normalized spacial score (nSPS) is 16.2. The van der Waals surface area contributed by atoms with Crippen LogP contribution in [-0.2, 0) is 25.7 Å². The first kappa shape index (κ1) is 21.4. The Labute approximate surface area is 147 Å². The standard InChI is InChI=1S/C14H18N2O3.C2HF3O2/c17-13(19-10-11-5-2-1-3-6-11)9-16-14(18)12-7-4-8-15-12;3-2(4,5)1(6)7/h1-3,5-6,12,15H,4,7-10H2,(H,16,18);(H,6,7). The number of esters is 1. The second-order valence-corrected chi connectivity index (χ2v) is 5.32. The molecule has 0 saturated carbocycles. The molecule has 1 aromatic rings. The largest absolute Gasteiger partial charge is 0.490 e. The lowest BCUT2D eigenvalue weighted by molar-refractivity contribution is -0.192. The van der Waals surface area contributed by atoms with Gasteiger partial charge >= 0.3 is 18.1 Å². The predicted molar refractivity (Wildman–Crippen MR) is 84.0 cm³/mol. The minimum absolute atomic E-state index is 0.0795. The van der Waals surface area contributed by atoms with Crippen LogP contribution in [0.5, 0.6) is 0 Å². The van der Waals surface area contributed by atoms with Gasteiger partial charge in [0.1, 0.15) is 13.2 Å². The van der Waals surface area contributed by atoms with Gasteiger partial charge in [0.15, 0.2) is 0 Å². The van der Waals surface area contributed by atoms with Crippen LogP contribution in [-0.4, -0.2) is 48.3 Å². The second-order valence-electron chi connectivity index (χ2n) is 5.32. The number of hydrogen-bond acceptors (Lipinski definition) is 5. The summed E-state index contributed by atoms with van der Waals surface area (Å²) in [5.74, 6) is -3.31. The molecular formula is C16H19F3N2O5. The highest BCUT2D eigenvalue weighted by Crippen LogP contribution is 2.13. The van der Waals surface area contributed by atoms with Gasteiger partial charge in [0.25, 0.3) is 0 Å². The van der Waals surface area contributed by atoms with Crippen LogP contribution in [0.2, 0.25) is 0 Å². The zero-order valence-corrected chi connectivity index (χ0v) is 13.7. The van der Waals surface area contributed by atoms with E-state index in [2.05, 4.69) is 10.6 Å². The molecule has 2 rings (SSSR count). The Hall–Kier alpha value is -2.62. The summed E-state index contributed by atoms with van der Waals surface area (Å²) in [5.41, 5.74) is 0.930. The van der Waals surface area contributed by atoms with E-state index in [9.17, 15) is 22.8 Å². The van der Waals surface area contributed by atoms with Crippen LogP contribution in [0.15, 0.2) is 30.3 Å². The Morgan fingerprint density at radius 3 is 2.35 bits per heavy atom. The molecule has 0 aromatic heterocycles. The van der Waals surface area contributed by atoms with Gasteiger partial charge in [-0.15, -0.1) is 0 Å². The van der Waals surface area contributed by atoms with Gasteiger partial charge in [0.05, 0.1) is 6.04 Å². The highest BCUT2D eigenvalue weighted by Gasteiger charge is 2.38. The van der Waals surface area contributed by atoms with Crippen molar-refractivity contribution in [2.75, 3.05) is 13.1 Å². The molecule has 144 valence electrons. The molecule has 1 aliphatic rings. The van der Waals surface area contributed by atoms with Gasteiger partial charge in [-0.25, -0.2) is 4.79 Å². The van der Waals surface area contributed by atoms with Crippen molar-refractivity contribution in [3.8, 4) is 0 Å². The number of ether oxygens (including phenoxy) is 1. The van der Waals surface area contributed by atoms with Crippen LogP contribution in [0.4, 0.5) is 13.2 Å². The van der Waals surface area contributed by atoms with Gasteiger partial charge in [-0.1, -0.05) is 30.3 Å². The summed E-state index contributed by atoms with van der Waals surface area (Å²) in [5, 5.41) is 12.8. The summed E-state index contributed by atoms with van der Waals surface area (Å²) in [7, 11) is 0. The van der Waals surface area contributed by atoms with Crippen LogP contribution >= 0.6 is 0 Å². The van der Waals surface area contributed by atoms with Crippen molar-refractivity contribution in [2.45, 2.75) is 31.7 Å². The van der Waals surface area contributed by atoms with E-state index in [-0.39, 0.29) is 25.1 Å². The molecule has 0 aliphatic carbocycles. The molecule has 1 unspecified atom stereocenters. The molecule has 0 spiro atoms. The van der Waals surface area contributed by atoms with Crippen molar-refractivity contribution in [1.82, 2.24) is 10.6 Å². The summed E-state index contributed by atoms with van der Waals surface area (Å²) in [6, 6.07) is 9.28. The molecule has 7 nitrogen and oxygen atoms in total. The third-order valence-corrected chi connectivity index (χ3v) is 3.27. The number of carboxylic acids is 1. The van der Waals surface area contributed by atoms with Gasteiger partial charge in [-0.3, -0.25) is 9.59 Å². The lowest BCUT2D eigenvalue weighted by Crippen LogP contribution is -2.42. The fraction of sp³-hybridized carbons (Fsp3) is 0.438. The van der Waals surface area contributed by atoms with E-state index in [1.807, 2.05) is 30.3 Å². The van der Waals surface area contributed by atoms with E-state index >= 15 is 0 Å². The highest BCUT2D eigenvalue weighted by atomic mass is 19.4. The minimum Gasteiger partial charge on any atom is -0.475 e. The van der Waals surface area contributed by atoms with Crippen molar-refractivity contribution in [1.29, 1.82) is 0 Å². The van der Waals surface area contributed by atoms with Gasteiger partial charge in [-0.05, 0) is 24.9 Å². The number of aliphatic carboxylic acids is 1. The zero-order chi connectivity index (χ0) is 19.6. The average molecular weight is 376 g/mol. The van der Waals surface area contributed by atoms with E-state index in [1.165, 1.54) is 0 Å². The van der Waals surface area contributed by atoms with Crippen LogP contribution in [0.25, 0.3) is 0 Å². The lowest BCUT2D eigenvalue weighted by atomic mass is 10.2. The van der Waals surface area contributed by atoms with Gasteiger partial charge in [0.2, 0.25) is 5.91 Å². The first-order valence-electron chi connectivity index (χ1n) is 7.71. The molecule has 1 heterocycles. The third kappa shape index (κ3) is 8.47. The maximum absolute atomic E-state index is 11.6. The average Bonchev–Trinajstić information content (AvgIpc) is 3.13. The fourth-order valence-electron chi connectivity index (χ4n) is 1.98. The maximum atomic E-state index is 11.6.